The Morgan fingerprint density at radius 1 is 1.14 bits per heavy atom. The fraction of sp³-hybridized carbons (Fsp3) is 0.176. The average Bonchev–Trinajstić information content (AvgIpc) is 2.54. The Morgan fingerprint density at radius 2 is 1.81 bits per heavy atom. The van der Waals surface area contributed by atoms with Crippen LogP contribution in [0.4, 0.5) is 11.4 Å². The molecular weight excluding hydrogens is 262 g/mol. The number of para-hydroxylation sites is 2. The second-order valence-corrected chi connectivity index (χ2v) is 4.56. The quantitative estimate of drug-likeness (QED) is 0.915. The summed E-state index contributed by atoms with van der Waals surface area (Å²) in [4.78, 5) is 14.1. The molecule has 0 spiro atoms. The third-order valence-corrected chi connectivity index (χ3v) is 3.16. The zero-order chi connectivity index (χ0) is 15.1. The largest absolute Gasteiger partial charge is 0.362 e. The molecule has 0 heterocycles. The molecule has 0 aromatic heterocycles. The van der Waals surface area contributed by atoms with Crippen LogP contribution < -0.4 is 10.2 Å². The highest BCUT2D eigenvalue weighted by atomic mass is 16.2. The van der Waals surface area contributed by atoms with Gasteiger partial charge in [0.1, 0.15) is 6.07 Å². The minimum absolute atomic E-state index is 0.136. The van der Waals surface area contributed by atoms with Crippen LogP contribution in [0.25, 0.3) is 0 Å². The third kappa shape index (κ3) is 3.83. The molecule has 0 saturated heterocycles. The number of benzene rings is 2. The van der Waals surface area contributed by atoms with E-state index >= 15 is 0 Å². The van der Waals surface area contributed by atoms with Crippen molar-refractivity contribution < 1.29 is 4.79 Å². The van der Waals surface area contributed by atoms with Crippen LogP contribution in [0.2, 0.25) is 0 Å². The summed E-state index contributed by atoms with van der Waals surface area (Å²) in [6.45, 7) is 2.99. The number of amides is 1. The fourth-order valence-corrected chi connectivity index (χ4v) is 2.08. The Labute approximate surface area is 124 Å². The van der Waals surface area contributed by atoms with E-state index in [0.29, 0.717) is 11.3 Å². The average molecular weight is 279 g/mol. The second kappa shape index (κ2) is 7.11. The standard InChI is InChI=1S/C17H17N3O/c1-2-20(15-9-4-3-5-10-15)13-17(21)19-16-11-7-6-8-14(16)12-18/h3-11H,2,13H2,1H3,(H,19,21). The van der Waals surface area contributed by atoms with Crippen LogP contribution in [0.3, 0.4) is 0 Å². The predicted molar refractivity (Wildman–Crippen MR) is 84.1 cm³/mol. The molecule has 2 aromatic rings. The number of hydrogen-bond acceptors (Lipinski definition) is 3. The van der Waals surface area contributed by atoms with Gasteiger partial charge >= 0.3 is 0 Å². The minimum Gasteiger partial charge on any atom is -0.362 e. The Hall–Kier alpha value is -2.80. The lowest BCUT2D eigenvalue weighted by molar-refractivity contribution is -0.115. The van der Waals surface area contributed by atoms with E-state index in [1.807, 2.05) is 42.2 Å². The first-order valence-electron chi connectivity index (χ1n) is 6.83. The summed E-state index contributed by atoms with van der Waals surface area (Å²) in [5, 5.41) is 11.8. The van der Waals surface area contributed by atoms with Crippen LogP contribution in [-0.2, 0) is 4.79 Å². The SMILES string of the molecule is CCN(CC(=O)Nc1ccccc1C#N)c1ccccc1. The number of nitrogens with one attached hydrogen (secondary N) is 1. The number of nitrogens with zero attached hydrogens (tertiary/aromatic N) is 2. The number of carbonyl (C=O) groups is 1. The molecule has 1 N–H and O–H groups in total. The van der Waals surface area contributed by atoms with Crippen molar-refractivity contribution in [3.05, 3.63) is 60.2 Å². The molecule has 0 bridgehead atoms. The molecule has 0 radical (unpaired) electrons. The van der Waals surface area contributed by atoms with Gasteiger partial charge in [-0.3, -0.25) is 4.79 Å². The molecule has 4 heteroatoms. The molecule has 1 amide bonds. The summed E-state index contributed by atoms with van der Waals surface area (Å²) in [7, 11) is 0. The van der Waals surface area contributed by atoms with E-state index in [1.165, 1.54) is 0 Å². The molecule has 0 aliphatic carbocycles. The van der Waals surface area contributed by atoms with Gasteiger partial charge < -0.3 is 10.2 Å². The van der Waals surface area contributed by atoms with Crippen LogP contribution in [0.1, 0.15) is 12.5 Å². The molecular formula is C17H17N3O. The van der Waals surface area contributed by atoms with E-state index in [1.54, 1.807) is 24.3 Å². The van der Waals surface area contributed by atoms with Crippen LogP contribution in [0, 0.1) is 11.3 Å². The highest BCUT2D eigenvalue weighted by molar-refractivity contribution is 5.95. The van der Waals surface area contributed by atoms with E-state index in [0.717, 1.165) is 12.2 Å². The molecule has 0 unspecified atom stereocenters. The molecule has 2 rings (SSSR count). The fourth-order valence-electron chi connectivity index (χ4n) is 2.08. The summed E-state index contributed by atoms with van der Waals surface area (Å²) in [6.07, 6.45) is 0. The topological polar surface area (TPSA) is 56.1 Å². The maximum Gasteiger partial charge on any atom is 0.243 e. The third-order valence-electron chi connectivity index (χ3n) is 3.16. The first-order chi connectivity index (χ1) is 10.2. The molecule has 2 aromatic carbocycles. The van der Waals surface area contributed by atoms with Gasteiger partial charge in [-0.05, 0) is 31.2 Å². The first-order valence-corrected chi connectivity index (χ1v) is 6.83. The lowest BCUT2D eigenvalue weighted by Gasteiger charge is -2.22. The van der Waals surface area contributed by atoms with Crippen molar-refractivity contribution in [3.8, 4) is 6.07 Å². The number of anilines is 2. The van der Waals surface area contributed by atoms with E-state index in [2.05, 4.69) is 11.4 Å². The van der Waals surface area contributed by atoms with Crippen molar-refractivity contribution >= 4 is 17.3 Å². The summed E-state index contributed by atoms with van der Waals surface area (Å²) in [5.74, 6) is -0.136. The maximum absolute atomic E-state index is 12.2. The van der Waals surface area contributed by atoms with E-state index < -0.39 is 0 Å². The summed E-state index contributed by atoms with van der Waals surface area (Å²) >= 11 is 0. The van der Waals surface area contributed by atoms with Crippen molar-refractivity contribution in [2.45, 2.75) is 6.92 Å². The van der Waals surface area contributed by atoms with Gasteiger partial charge in [0.15, 0.2) is 0 Å². The van der Waals surface area contributed by atoms with Gasteiger partial charge in [0.2, 0.25) is 5.91 Å². The Kier molecular flexibility index (Phi) is 4.94. The highest BCUT2D eigenvalue weighted by Gasteiger charge is 2.11. The molecule has 106 valence electrons. The summed E-state index contributed by atoms with van der Waals surface area (Å²) in [6, 6.07) is 18.8. The van der Waals surface area contributed by atoms with Crippen molar-refractivity contribution in [3.63, 3.8) is 0 Å². The van der Waals surface area contributed by atoms with E-state index in [4.69, 9.17) is 5.26 Å². The smallest absolute Gasteiger partial charge is 0.243 e. The van der Waals surface area contributed by atoms with Gasteiger partial charge in [0.25, 0.3) is 0 Å². The lowest BCUT2D eigenvalue weighted by Crippen LogP contribution is -2.33. The first kappa shape index (κ1) is 14.6. The van der Waals surface area contributed by atoms with Gasteiger partial charge in [-0.25, -0.2) is 0 Å². The highest BCUT2D eigenvalue weighted by Crippen LogP contribution is 2.15. The molecule has 0 saturated carbocycles. The molecule has 0 atom stereocenters. The number of rotatable bonds is 5. The van der Waals surface area contributed by atoms with Gasteiger partial charge in [0, 0.05) is 12.2 Å². The minimum atomic E-state index is -0.136. The molecule has 21 heavy (non-hydrogen) atoms. The van der Waals surface area contributed by atoms with E-state index in [9.17, 15) is 4.79 Å². The molecule has 0 fully saturated rings. The normalized spacial score (nSPS) is 9.71. The zero-order valence-electron chi connectivity index (χ0n) is 11.9. The Morgan fingerprint density at radius 3 is 2.48 bits per heavy atom. The van der Waals surface area contributed by atoms with Crippen molar-refractivity contribution in [2.75, 3.05) is 23.3 Å². The Balaban J connectivity index is 2.06. The number of hydrogen-bond donors (Lipinski definition) is 1. The number of carbonyl (C=O) groups excluding carboxylic acids is 1. The van der Waals surface area contributed by atoms with Crippen LogP contribution in [0.15, 0.2) is 54.6 Å². The van der Waals surface area contributed by atoms with E-state index in [-0.39, 0.29) is 12.5 Å². The predicted octanol–water partition coefficient (Wildman–Crippen LogP) is 3.02. The van der Waals surface area contributed by atoms with Crippen LogP contribution in [0.5, 0.6) is 0 Å². The second-order valence-electron chi connectivity index (χ2n) is 4.56. The van der Waals surface area contributed by atoms with Gasteiger partial charge in [-0.15, -0.1) is 0 Å². The Bertz CT molecular complexity index is 647. The van der Waals surface area contributed by atoms with Crippen molar-refractivity contribution in [2.24, 2.45) is 0 Å². The van der Waals surface area contributed by atoms with Gasteiger partial charge in [0.05, 0.1) is 17.8 Å². The lowest BCUT2D eigenvalue weighted by atomic mass is 10.2. The molecule has 0 aliphatic heterocycles. The summed E-state index contributed by atoms with van der Waals surface area (Å²) in [5.41, 5.74) is 2.02. The number of likely N-dealkylation sites (N-methyl/N-ethyl adjacent to an activating group) is 1. The van der Waals surface area contributed by atoms with Gasteiger partial charge in [-0.2, -0.15) is 5.26 Å². The van der Waals surface area contributed by atoms with Crippen LogP contribution in [-0.4, -0.2) is 19.0 Å². The monoisotopic (exact) mass is 279 g/mol. The van der Waals surface area contributed by atoms with Gasteiger partial charge in [-0.1, -0.05) is 30.3 Å². The maximum atomic E-state index is 12.2. The van der Waals surface area contributed by atoms with Crippen LogP contribution >= 0.6 is 0 Å². The zero-order valence-corrected chi connectivity index (χ0v) is 11.9. The van der Waals surface area contributed by atoms with Crippen molar-refractivity contribution in [1.82, 2.24) is 0 Å². The number of nitriles is 1. The summed E-state index contributed by atoms with van der Waals surface area (Å²) < 4.78 is 0. The van der Waals surface area contributed by atoms with Crippen molar-refractivity contribution in [1.29, 1.82) is 5.26 Å². The molecule has 0 aliphatic rings. The molecule has 4 nitrogen and oxygen atoms in total.